The predicted octanol–water partition coefficient (Wildman–Crippen LogP) is -1.12. The molecule has 1 rings (SSSR count). The van der Waals surface area contributed by atoms with Crippen LogP contribution in [-0.4, -0.2) is 63.0 Å². The molecule has 0 bridgehead atoms. The summed E-state index contributed by atoms with van der Waals surface area (Å²) in [5.74, 6) is -2.40. The van der Waals surface area contributed by atoms with Crippen molar-refractivity contribution in [3.05, 3.63) is 0 Å². The van der Waals surface area contributed by atoms with Gasteiger partial charge in [-0.2, -0.15) is 5.06 Å². The lowest BCUT2D eigenvalue weighted by atomic mass is 9.93. The first kappa shape index (κ1) is 14.4. The van der Waals surface area contributed by atoms with Crippen molar-refractivity contribution in [2.75, 3.05) is 28.4 Å². The molecule has 0 amide bonds. The lowest BCUT2D eigenvalue weighted by Crippen LogP contribution is -2.55. The monoisotopic (exact) mass is 261 g/mol. The molecule has 0 aromatic carbocycles. The molecule has 0 aliphatic carbocycles. The average Bonchev–Trinajstić information content (AvgIpc) is 2.74. The Morgan fingerprint density at radius 3 is 2.00 bits per heavy atom. The van der Waals surface area contributed by atoms with E-state index in [9.17, 15) is 14.4 Å². The fourth-order valence-corrected chi connectivity index (χ4v) is 1.82. The molecule has 0 saturated carbocycles. The van der Waals surface area contributed by atoms with Crippen molar-refractivity contribution in [3.63, 3.8) is 0 Å². The quantitative estimate of drug-likeness (QED) is 0.358. The summed E-state index contributed by atoms with van der Waals surface area (Å²) in [4.78, 5) is 40.1. The van der Waals surface area contributed by atoms with Crippen LogP contribution in [0.5, 0.6) is 0 Å². The first-order chi connectivity index (χ1) is 8.43. The molecule has 1 fully saturated rings. The summed E-state index contributed by atoms with van der Waals surface area (Å²) in [5, 5.41) is 0.965. The van der Waals surface area contributed by atoms with Crippen molar-refractivity contribution in [2.45, 2.75) is 18.1 Å². The van der Waals surface area contributed by atoms with Gasteiger partial charge in [0.1, 0.15) is 0 Å². The molecule has 1 heterocycles. The number of carbonyl (C=O) groups excluding carboxylic acids is 3. The van der Waals surface area contributed by atoms with Gasteiger partial charge in [0.05, 0.1) is 21.3 Å². The molecule has 1 unspecified atom stereocenters. The molecule has 8 nitrogen and oxygen atoms in total. The number of hydrogen-bond acceptors (Lipinski definition) is 8. The van der Waals surface area contributed by atoms with Gasteiger partial charge in [-0.05, 0) is 0 Å². The van der Waals surface area contributed by atoms with Gasteiger partial charge in [-0.25, -0.2) is 14.4 Å². The number of ether oxygens (including phenoxy) is 3. The maximum Gasteiger partial charge on any atom is 0.340 e. The molecule has 0 aromatic rings. The van der Waals surface area contributed by atoms with E-state index in [1.165, 1.54) is 14.2 Å². The minimum Gasteiger partial charge on any atom is -0.467 e. The Morgan fingerprint density at radius 2 is 1.61 bits per heavy atom. The Kier molecular flexibility index (Phi) is 4.25. The van der Waals surface area contributed by atoms with E-state index >= 15 is 0 Å². The van der Waals surface area contributed by atoms with Crippen molar-refractivity contribution >= 4 is 17.9 Å². The highest BCUT2D eigenvalue weighted by Crippen LogP contribution is 2.33. The molecular formula is C10H15NO7. The third-order valence-electron chi connectivity index (χ3n) is 2.81. The summed E-state index contributed by atoms with van der Waals surface area (Å²) in [5.41, 5.74) is -1.79. The summed E-state index contributed by atoms with van der Waals surface area (Å²) in [6, 6.07) is 0. The van der Waals surface area contributed by atoms with Crippen LogP contribution in [0, 0.1) is 0 Å². The van der Waals surface area contributed by atoms with Gasteiger partial charge in [0.25, 0.3) is 0 Å². The topological polar surface area (TPSA) is 91.4 Å². The molecule has 1 aliphatic rings. The van der Waals surface area contributed by atoms with Crippen LogP contribution in [-0.2, 0) is 33.4 Å². The van der Waals surface area contributed by atoms with E-state index in [4.69, 9.17) is 4.84 Å². The van der Waals surface area contributed by atoms with Crippen LogP contribution >= 0.6 is 0 Å². The number of esters is 3. The van der Waals surface area contributed by atoms with Gasteiger partial charge in [0, 0.05) is 13.5 Å². The molecule has 8 heteroatoms. The molecular weight excluding hydrogens is 246 g/mol. The second kappa shape index (κ2) is 5.32. The third-order valence-corrected chi connectivity index (χ3v) is 2.81. The number of nitrogens with zero attached hydrogens (tertiary/aromatic N) is 1. The normalized spacial score (nSPS) is 22.3. The zero-order valence-corrected chi connectivity index (χ0v) is 10.6. The van der Waals surface area contributed by atoms with Gasteiger partial charge >= 0.3 is 17.9 Å². The molecule has 102 valence electrons. The van der Waals surface area contributed by atoms with Crippen molar-refractivity contribution in [3.8, 4) is 0 Å². The average molecular weight is 261 g/mol. The van der Waals surface area contributed by atoms with Crippen molar-refractivity contribution in [1.29, 1.82) is 0 Å². The molecule has 18 heavy (non-hydrogen) atoms. The van der Waals surface area contributed by atoms with E-state index in [0.29, 0.717) is 0 Å². The number of rotatable bonds is 3. The molecule has 1 aliphatic heterocycles. The lowest BCUT2D eigenvalue weighted by Gasteiger charge is -2.27. The Balaban J connectivity index is 3.09. The van der Waals surface area contributed by atoms with Crippen LogP contribution < -0.4 is 0 Å². The zero-order valence-electron chi connectivity index (χ0n) is 10.6. The van der Waals surface area contributed by atoms with E-state index in [-0.39, 0.29) is 6.42 Å². The van der Waals surface area contributed by atoms with Crippen LogP contribution in [0.25, 0.3) is 0 Å². The fraction of sp³-hybridized carbons (Fsp3) is 0.700. The lowest BCUT2D eigenvalue weighted by molar-refractivity contribution is -0.207. The maximum atomic E-state index is 11.8. The summed E-state index contributed by atoms with van der Waals surface area (Å²) < 4.78 is 13.7. The first-order valence-corrected chi connectivity index (χ1v) is 5.09. The molecule has 1 saturated heterocycles. The van der Waals surface area contributed by atoms with Gasteiger partial charge < -0.3 is 14.2 Å². The van der Waals surface area contributed by atoms with Crippen LogP contribution in [0.2, 0.25) is 0 Å². The number of hydrogen-bond donors (Lipinski definition) is 0. The first-order valence-electron chi connectivity index (χ1n) is 5.09. The van der Waals surface area contributed by atoms with Gasteiger partial charge in [-0.3, -0.25) is 4.84 Å². The molecule has 0 aromatic heterocycles. The number of likely N-dealkylation sites (N-methyl/N-ethyl adjacent to an activating group) is 1. The van der Waals surface area contributed by atoms with E-state index in [2.05, 4.69) is 14.2 Å². The molecule has 0 radical (unpaired) electrons. The van der Waals surface area contributed by atoms with Crippen molar-refractivity contribution < 1.29 is 33.4 Å². The minimum atomic E-state index is -1.79. The van der Waals surface area contributed by atoms with Crippen LogP contribution in [0.15, 0.2) is 0 Å². The van der Waals surface area contributed by atoms with E-state index in [0.717, 1.165) is 19.3 Å². The maximum absolute atomic E-state index is 11.8. The van der Waals surface area contributed by atoms with Crippen molar-refractivity contribution in [2.24, 2.45) is 0 Å². The SMILES string of the molecule is COC(=O)C1CC(C(=O)OC)(C(=O)OC)N(C)O1. The predicted molar refractivity (Wildman–Crippen MR) is 56.0 cm³/mol. The van der Waals surface area contributed by atoms with Crippen molar-refractivity contribution in [1.82, 2.24) is 5.06 Å². The van der Waals surface area contributed by atoms with Gasteiger partial charge in [0.2, 0.25) is 5.54 Å². The molecule has 0 N–H and O–H groups in total. The molecule has 1 atom stereocenters. The second-order valence-electron chi connectivity index (χ2n) is 3.66. The van der Waals surface area contributed by atoms with E-state index in [1.807, 2.05) is 0 Å². The van der Waals surface area contributed by atoms with Crippen LogP contribution in [0.3, 0.4) is 0 Å². The van der Waals surface area contributed by atoms with Gasteiger partial charge in [0.15, 0.2) is 6.10 Å². The number of carbonyl (C=O) groups is 3. The summed E-state index contributed by atoms with van der Waals surface area (Å²) >= 11 is 0. The Morgan fingerprint density at radius 1 is 1.11 bits per heavy atom. The highest BCUT2D eigenvalue weighted by Gasteiger charge is 2.61. The minimum absolute atomic E-state index is 0.227. The summed E-state index contributed by atoms with van der Waals surface area (Å²) in [6.07, 6.45) is -1.28. The van der Waals surface area contributed by atoms with Crippen LogP contribution in [0.4, 0.5) is 0 Å². The highest BCUT2D eigenvalue weighted by atomic mass is 16.7. The van der Waals surface area contributed by atoms with E-state index < -0.39 is 29.6 Å². The smallest absolute Gasteiger partial charge is 0.340 e. The summed E-state index contributed by atoms with van der Waals surface area (Å²) in [6.45, 7) is 0. The second-order valence-corrected chi connectivity index (χ2v) is 3.66. The fourth-order valence-electron chi connectivity index (χ4n) is 1.82. The van der Waals surface area contributed by atoms with E-state index in [1.54, 1.807) is 0 Å². The standard InChI is InChI=1S/C10H15NO7/c1-11-10(8(13)16-3,9(14)17-4)5-6(18-11)7(12)15-2/h6H,5H2,1-4H3. The van der Waals surface area contributed by atoms with Crippen LogP contribution in [0.1, 0.15) is 6.42 Å². The number of hydroxylamine groups is 2. The Bertz CT molecular complexity index is 351. The Hall–Kier alpha value is -1.67. The Labute approximate surface area is 104 Å². The highest BCUT2D eigenvalue weighted by molar-refractivity contribution is 6.05. The van der Waals surface area contributed by atoms with Gasteiger partial charge in [-0.15, -0.1) is 0 Å². The largest absolute Gasteiger partial charge is 0.467 e. The third kappa shape index (κ3) is 2.04. The summed E-state index contributed by atoms with van der Waals surface area (Å²) in [7, 11) is 4.79. The number of methoxy groups -OCH3 is 3. The molecule has 0 spiro atoms. The van der Waals surface area contributed by atoms with Gasteiger partial charge in [-0.1, -0.05) is 0 Å². The zero-order chi connectivity index (χ0) is 13.9.